The summed E-state index contributed by atoms with van der Waals surface area (Å²) in [5.41, 5.74) is 3.89. The van der Waals surface area contributed by atoms with Crippen molar-refractivity contribution in [3.63, 3.8) is 0 Å². The van der Waals surface area contributed by atoms with E-state index in [1.54, 1.807) is 0 Å². The van der Waals surface area contributed by atoms with Gasteiger partial charge >= 0.3 is 0 Å². The molecule has 5 heteroatoms. The van der Waals surface area contributed by atoms with Gasteiger partial charge in [-0.3, -0.25) is 4.79 Å². The van der Waals surface area contributed by atoms with Gasteiger partial charge in [0, 0.05) is 10.0 Å². The van der Waals surface area contributed by atoms with Crippen LogP contribution >= 0.6 is 15.9 Å². The molecule has 1 aliphatic rings. The number of nitrogens with zero attached hydrogens (tertiary/aromatic N) is 1. The summed E-state index contributed by atoms with van der Waals surface area (Å²) in [5.74, 6) is 1.31. The van der Waals surface area contributed by atoms with Gasteiger partial charge in [0.2, 0.25) is 0 Å². The van der Waals surface area contributed by atoms with Crippen molar-refractivity contribution >= 4 is 49.7 Å². The molecule has 5 rings (SSSR count). The number of halogens is 1. The summed E-state index contributed by atoms with van der Waals surface area (Å²) >= 11 is 3.53. The van der Waals surface area contributed by atoms with Crippen LogP contribution in [0.3, 0.4) is 0 Å². The third kappa shape index (κ3) is 3.84. The molecule has 1 amide bonds. The smallest absolute Gasteiger partial charge is 0.275 e. The molecular formula is C26H19BrN2O2. The number of ether oxygens (including phenoxy) is 1. The maximum absolute atomic E-state index is 12.5. The van der Waals surface area contributed by atoms with E-state index in [9.17, 15) is 4.79 Å². The lowest BCUT2D eigenvalue weighted by Crippen LogP contribution is -2.14. The Morgan fingerprint density at radius 2 is 1.65 bits per heavy atom. The molecule has 1 heterocycles. The first kappa shape index (κ1) is 19.5. The van der Waals surface area contributed by atoms with Gasteiger partial charge in [-0.2, -0.15) is 0 Å². The normalized spacial score (nSPS) is 14.0. The Hall–Kier alpha value is -3.44. The van der Waals surface area contributed by atoms with Gasteiger partial charge < -0.3 is 10.1 Å². The molecule has 152 valence electrons. The van der Waals surface area contributed by atoms with Crippen LogP contribution in [0.1, 0.15) is 18.1 Å². The molecule has 4 aromatic carbocycles. The average molecular weight is 471 g/mol. The first-order valence-corrected chi connectivity index (χ1v) is 10.9. The molecule has 0 atom stereocenters. The summed E-state index contributed by atoms with van der Waals surface area (Å²) in [7, 11) is 0. The van der Waals surface area contributed by atoms with Gasteiger partial charge in [0.25, 0.3) is 5.91 Å². The molecule has 0 radical (unpaired) electrons. The molecule has 31 heavy (non-hydrogen) atoms. The number of nitrogens with one attached hydrogen (secondary N) is 1. The van der Waals surface area contributed by atoms with Gasteiger partial charge in [0.15, 0.2) is 0 Å². The number of rotatable bonds is 4. The monoisotopic (exact) mass is 470 g/mol. The van der Waals surface area contributed by atoms with Crippen molar-refractivity contribution in [2.45, 2.75) is 13.3 Å². The SMILES string of the molecule is CCc1cc(Br)cc2c1NC(=O)C2=Nc1ccc(Oc2ccc3ccccc3c2)cc1. The van der Waals surface area contributed by atoms with Crippen molar-refractivity contribution in [1.82, 2.24) is 0 Å². The lowest BCUT2D eigenvalue weighted by atomic mass is 10.0. The third-order valence-electron chi connectivity index (χ3n) is 5.31. The van der Waals surface area contributed by atoms with Crippen LogP contribution in [0.4, 0.5) is 11.4 Å². The zero-order valence-electron chi connectivity index (χ0n) is 16.9. The van der Waals surface area contributed by atoms with Crippen LogP contribution < -0.4 is 10.1 Å². The summed E-state index contributed by atoms with van der Waals surface area (Å²) in [5, 5.41) is 5.26. The van der Waals surface area contributed by atoms with Crippen molar-refractivity contribution in [3.05, 3.63) is 94.5 Å². The van der Waals surface area contributed by atoms with Crippen molar-refractivity contribution in [3.8, 4) is 11.5 Å². The number of anilines is 1. The lowest BCUT2D eigenvalue weighted by Gasteiger charge is -2.07. The Morgan fingerprint density at radius 3 is 2.42 bits per heavy atom. The number of hydrogen-bond donors (Lipinski definition) is 1. The zero-order chi connectivity index (χ0) is 21.4. The van der Waals surface area contributed by atoms with Crippen LogP contribution in [0.2, 0.25) is 0 Å². The summed E-state index contributed by atoms with van der Waals surface area (Å²) in [4.78, 5) is 17.2. The molecule has 0 aromatic heterocycles. The first-order valence-electron chi connectivity index (χ1n) is 10.1. The number of carbonyl (C=O) groups excluding carboxylic acids is 1. The van der Waals surface area contributed by atoms with E-state index in [0.717, 1.165) is 38.8 Å². The Balaban J connectivity index is 1.41. The summed E-state index contributed by atoms with van der Waals surface area (Å²) in [6.07, 6.45) is 0.830. The van der Waals surface area contributed by atoms with Gasteiger partial charge in [-0.15, -0.1) is 0 Å². The van der Waals surface area contributed by atoms with Gasteiger partial charge in [0.05, 0.1) is 11.4 Å². The molecule has 4 nitrogen and oxygen atoms in total. The fourth-order valence-electron chi connectivity index (χ4n) is 3.77. The molecular weight excluding hydrogens is 452 g/mol. The Kier molecular flexibility index (Phi) is 5.04. The van der Waals surface area contributed by atoms with E-state index in [2.05, 4.69) is 45.3 Å². The third-order valence-corrected chi connectivity index (χ3v) is 5.77. The molecule has 0 saturated heterocycles. The molecule has 0 aliphatic carbocycles. The number of carbonyl (C=O) groups is 1. The minimum atomic E-state index is -0.181. The highest BCUT2D eigenvalue weighted by Crippen LogP contribution is 2.33. The number of aliphatic imine (C=N–C) groups is 1. The van der Waals surface area contributed by atoms with Crippen molar-refractivity contribution in [2.24, 2.45) is 4.99 Å². The minimum Gasteiger partial charge on any atom is -0.457 e. The van der Waals surface area contributed by atoms with E-state index in [4.69, 9.17) is 4.74 Å². The second kappa shape index (κ2) is 8.00. The van der Waals surface area contributed by atoms with E-state index >= 15 is 0 Å². The van der Waals surface area contributed by atoms with Crippen LogP contribution in [0.25, 0.3) is 10.8 Å². The minimum absolute atomic E-state index is 0.181. The van der Waals surface area contributed by atoms with Crippen LogP contribution in [0, 0.1) is 0 Å². The van der Waals surface area contributed by atoms with Gasteiger partial charge in [-0.1, -0.05) is 53.2 Å². The van der Waals surface area contributed by atoms with E-state index in [1.165, 1.54) is 5.39 Å². The molecule has 0 bridgehead atoms. The largest absolute Gasteiger partial charge is 0.457 e. The maximum atomic E-state index is 12.5. The van der Waals surface area contributed by atoms with Crippen LogP contribution in [0.15, 0.2) is 88.3 Å². The summed E-state index contributed by atoms with van der Waals surface area (Å²) in [6.45, 7) is 2.07. The Morgan fingerprint density at radius 1 is 0.903 bits per heavy atom. The van der Waals surface area contributed by atoms with Crippen LogP contribution in [-0.2, 0) is 11.2 Å². The predicted molar refractivity (Wildman–Crippen MR) is 129 cm³/mol. The fraction of sp³-hybridized carbons (Fsp3) is 0.0769. The highest BCUT2D eigenvalue weighted by Gasteiger charge is 2.28. The maximum Gasteiger partial charge on any atom is 0.275 e. The molecule has 0 spiro atoms. The molecule has 0 saturated carbocycles. The second-order valence-corrected chi connectivity index (χ2v) is 8.28. The highest BCUT2D eigenvalue weighted by molar-refractivity contribution is 9.10. The Bertz CT molecular complexity index is 1340. The van der Waals surface area contributed by atoms with Gasteiger partial charge in [0.1, 0.15) is 17.2 Å². The zero-order valence-corrected chi connectivity index (χ0v) is 18.4. The van der Waals surface area contributed by atoms with E-state index in [1.807, 2.05) is 66.7 Å². The number of benzene rings is 4. The molecule has 0 unspecified atom stereocenters. The van der Waals surface area contributed by atoms with E-state index < -0.39 is 0 Å². The molecule has 1 aliphatic heterocycles. The topological polar surface area (TPSA) is 50.7 Å². The average Bonchev–Trinajstić information content (AvgIpc) is 3.09. The van der Waals surface area contributed by atoms with Gasteiger partial charge in [-0.05, 0) is 71.3 Å². The summed E-state index contributed by atoms with van der Waals surface area (Å²) < 4.78 is 6.94. The number of aryl methyl sites for hydroxylation is 1. The Labute approximate surface area is 188 Å². The van der Waals surface area contributed by atoms with Crippen molar-refractivity contribution in [1.29, 1.82) is 0 Å². The number of fused-ring (bicyclic) bond motifs is 2. The van der Waals surface area contributed by atoms with Crippen LogP contribution in [-0.4, -0.2) is 11.6 Å². The standard InChI is InChI=1S/C26H19BrN2O2/c1-2-16-13-19(27)15-23-24(16)29-26(30)25(23)28-20-8-11-21(12-9-20)31-22-10-7-17-5-3-4-6-18(17)14-22/h3-15H,2H2,1H3,(H,28,29,30). The lowest BCUT2D eigenvalue weighted by molar-refractivity contribution is -0.110. The molecule has 4 aromatic rings. The molecule has 1 N–H and O–H groups in total. The number of hydrogen-bond acceptors (Lipinski definition) is 3. The second-order valence-electron chi connectivity index (χ2n) is 7.36. The van der Waals surface area contributed by atoms with Crippen molar-refractivity contribution in [2.75, 3.05) is 5.32 Å². The van der Waals surface area contributed by atoms with Crippen molar-refractivity contribution < 1.29 is 9.53 Å². The fourth-order valence-corrected chi connectivity index (χ4v) is 4.27. The molecule has 0 fully saturated rings. The van der Waals surface area contributed by atoms with Gasteiger partial charge in [-0.25, -0.2) is 4.99 Å². The van der Waals surface area contributed by atoms with E-state index in [-0.39, 0.29) is 5.91 Å². The summed E-state index contributed by atoms with van der Waals surface area (Å²) in [6, 6.07) is 25.6. The van der Waals surface area contributed by atoms with E-state index in [0.29, 0.717) is 17.1 Å². The predicted octanol–water partition coefficient (Wildman–Crippen LogP) is 7.03. The quantitative estimate of drug-likeness (QED) is 0.348. The van der Waals surface area contributed by atoms with Crippen LogP contribution in [0.5, 0.6) is 11.5 Å². The highest BCUT2D eigenvalue weighted by atomic mass is 79.9. The first-order chi connectivity index (χ1) is 15.1. The number of amides is 1.